The predicted molar refractivity (Wildman–Crippen MR) is 238 cm³/mol. The highest BCUT2D eigenvalue weighted by molar-refractivity contribution is 9.10. The Bertz CT molecular complexity index is 2230. The van der Waals surface area contributed by atoms with E-state index in [0.29, 0.717) is 29.5 Å². The van der Waals surface area contributed by atoms with E-state index in [-0.39, 0.29) is 45.2 Å². The lowest BCUT2D eigenvalue weighted by Gasteiger charge is -2.45. The van der Waals surface area contributed by atoms with Gasteiger partial charge in [-0.05, 0) is 63.5 Å². The number of ether oxygens (including phenoxy) is 7. The molecule has 0 spiro atoms. The Labute approximate surface area is 381 Å². The smallest absolute Gasteiger partial charge is 0.416 e. The van der Waals surface area contributed by atoms with Crippen LogP contribution in [0.15, 0.2) is 136 Å². The van der Waals surface area contributed by atoms with Crippen molar-refractivity contribution in [3.63, 3.8) is 0 Å². The van der Waals surface area contributed by atoms with Crippen LogP contribution >= 0.6 is 15.9 Å². The number of carbonyl (C=O) groups is 3. The molecule has 8 unspecified atom stereocenters. The summed E-state index contributed by atoms with van der Waals surface area (Å²) in [5.41, 5.74) is 3.65. The third-order valence-corrected chi connectivity index (χ3v) is 11.9. The number of aliphatic hydroxyl groups is 1. The summed E-state index contributed by atoms with van der Waals surface area (Å²) in [6.45, 7) is 1.73. The lowest BCUT2D eigenvalue weighted by atomic mass is 9.90. The maximum atomic E-state index is 14.7. The van der Waals surface area contributed by atoms with Crippen molar-refractivity contribution < 1.29 is 57.1 Å². The van der Waals surface area contributed by atoms with Crippen LogP contribution < -0.4 is 0 Å². The first kappa shape index (κ1) is 46.8. The number of hydrogen-bond donors (Lipinski definition) is 1. The number of imide groups is 1. The molecule has 0 radical (unpaired) electrons. The molecule has 2 aliphatic rings. The van der Waals surface area contributed by atoms with Gasteiger partial charge in [-0.2, -0.15) is 0 Å². The molecule has 5 aromatic rings. The van der Waals surface area contributed by atoms with Gasteiger partial charge in [0.1, 0.15) is 42.5 Å². The summed E-state index contributed by atoms with van der Waals surface area (Å²) in [5.74, 6) is -1.43. The average molecular weight is 941 g/mol. The number of nitrogens with zero attached hydrogens (tertiary/aromatic N) is 1. The van der Waals surface area contributed by atoms with E-state index >= 15 is 0 Å². The highest BCUT2D eigenvalue weighted by Crippen LogP contribution is 2.37. The van der Waals surface area contributed by atoms with Gasteiger partial charge in [-0.25, -0.2) is 9.69 Å². The number of benzene rings is 4. The second kappa shape index (κ2) is 23.1. The molecule has 2 saturated heterocycles. The van der Waals surface area contributed by atoms with E-state index in [9.17, 15) is 19.5 Å². The summed E-state index contributed by atoms with van der Waals surface area (Å²) in [5, 5.41) is 10.4. The van der Waals surface area contributed by atoms with Crippen LogP contribution in [0, 0.1) is 5.92 Å². The number of furan rings is 1. The van der Waals surface area contributed by atoms with Crippen molar-refractivity contribution in [2.75, 3.05) is 26.9 Å². The van der Waals surface area contributed by atoms with E-state index in [1.165, 1.54) is 14.0 Å². The van der Waals surface area contributed by atoms with Crippen LogP contribution in [0.2, 0.25) is 0 Å². The van der Waals surface area contributed by atoms with E-state index in [2.05, 4.69) is 15.9 Å². The maximum absolute atomic E-state index is 14.7. The molecule has 0 saturated carbocycles. The molecule has 3 heterocycles. The van der Waals surface area contributed by atoms with E-state index in [4.69, 9.17) is 37.6 Å². The minimum absolute atomic E-state index is 0.0374. The second-order valence-corrected chi connectivity index (χ2v) is 16.7. The molecule has 338 valence electrons. The minimum Gasteiger partial charge on any atom is -0.461 e. The highest BCUT2D eigenvalue weighted by atomic mass is 79.9. The number of hydrogen-bond acceptors (Lipinski definition) is 12. The fourth-order valence-corrected chi connectivity index (χ4v) is 8.66. The summed E-state index contributed by atoms with van der Waals surface area (Å²) >= 11 is 3.64. The number of cyclic esters (lactones) is 1. The molecule has 7 rings (SSSR count). The van der Waals surface area contributed by atoms with Gasteiger partial charge < -0.3 is 42.7 Å². The Hall–Kier alpha value is -5.19. The van der Waals surface area contributed by atoms with Crippen molar-refractivity contribution in [3.8, 4) is 0 Å². The minimum atomic E-state index is -1.19. The van der Waals surface area contributed by atoms with Crippen molar-refractivity contribution in [1.29, 1.82) is 0 Å². The molecule has 1 aromatic heterocycles. The average Bonchev–Trinajstić information content (AvgIpc) is 3.88. The zero-order valence-electron chi connectivity index (χ0n) is 35.9. The summed E-state index contributed by atoms with van der Waals surface area (Å²) in [6.07, 6.45) is -4.30. The predicted octanol–water partition coefficient (Wildman–Crippen LogP) is 7.95. The SMILES string of the molecule is COC1OC(CO)C(OCc2ccccc2)C(OCc2ccccc2)C1OCCCc1oc(C(OC(C)=O)C(Cc2ccccc2)C(=O)N2C(=O)OCC2Cc2ccccc2)cc1Br. The number of aryl methyl sites for hydroxylation is 1. The normalized spacial score (nSPS) is 21.9. The fourth-order valence-electron chi connectivity index (χ4n) is 8.16. The number of amides is 2. The second-order valence-electron chi connectivity index (χ2n) is 15.8. The van der Waals surface area contributed by atoms with Gasteiger partial charge in [0.25, 0.3) is 0 Å². The number of aliphatic hydroxyl groups excluding tert-OH is 1. The Balaban J connectivity index is 1.09. The number of halogens is 1. The van der Waals surface area contributed by atoms with Crippen molar-refractivity contribution >= 4 is 33.9 Å². The Morgan fingerprint density at radius 2 is 1.38 bits per heavy atom. The lowest BCUT2D eigenvalue weighted by Crippen LogP contribution is -2.61. The van der Waals surface area contributed by atoms with Gasteiger partial charge in [0.2, 0.25) is 5.91 Å². The maximum Gasteiger partial charge on any atom is 0.416 e. The van der Waals surface area contributed by atoms with E-state index in [0.717, 1.165) is 27.2 Å². The van der Waals surface area contributed by atoms with Crippen molar-refractivity contribution in [2.24, 2.45) is 5.92 Å². The Morgan fingerprint density at radius 1 is 0.797 bits per heavy atom. The molecule has 1 N–H and O–H groups in total. The third kappa shape index (κ3) is 12.1. The van der Waals surface area contributed by atoms with Crippen LogP contribution in [0.5, 0.6) is 0 Å². The lowest BCUT2D eigenvalue weighted by molar-refractivity contribution is -0.319. The van der Waals surface area contributed by atoms with Gasteiger partial charge in [-0.15, -0.1) is 0 Å². The highest BCUT2D eigenvalue weighted by Gasteiger charge is 2.49. The number of methoxy groups -OCH3 is 1. The monoisotopic (exact) mass is 939 g/mol. The first-order chi connectivity index (χ1) is 31.2. The van der Waals surface area contributed by atoms with Crippen molar-refractivity contribution in [1.82, 2.24) is 4.90 Å². The van der Waals surface area contributed by atoms with Gasteiger partial charge in [-0.3, -0.25) is 9.59 Å². The Kier molecular flexibility index (Phi) is 16.9. The molecule has 0 aliphatic carbocycles. The molecule has 2 fully saturated rings. The van der Waals surface area contributed by atoms with Gasteiger partial charge in [0.15, 0.2) is 12.4 Å². The zero-order valence-corrected chi connectivity index (χ0v) is 37.5. The molecule has 14 heteroatoms. The van der Waals surface area contributed by atoms with Crippen LogP contribution in [0.25, 0.3) is 0 Å². The molecular formula is C50H54BrNO12. The standard InChI is InChI=1S/C50H54BrNO12/c1-33(54)62-44(39(27-35-18-9-4-10-19-35)48(55)52-38(32-61-50(52)56)26-34-16-7-3-8-17-34)42-28-40(51)41(63-42)24-15-25-58-47-46(60-31-37-22-13-6-14-23-37)45(43(29-53)64-49(47)57-2)59-30-36-20-11-5-12-21-36/h3-14,16-23,28,38-39,43-47,49,53H,15,24-27,29-32H2,1-2H3. The number of rotatable bonds is 21. The summed E-state index contributed by atoms with van der Waals surface area (Å²) in [7, 11) is 1.52. The number of carbonyl (C=O) groups excluding carboxylic acids is 3. The van der Waals surface area contributed by atoms with Crippen molar-refractivity contribution in [3.05, 3.63) is 166 Å². The molecule has 13 nitrogen and oxygen atoms in total. The summed E-state index contributed by atoms with van der Waals surface area (Å²) in [4.78, 5) is 41.9. The molecule has 2 amide bonds. The van der Waals surface area contributed by atoms with Crippen LogP contribution in [0.1, 0.15) is 53.2 Å². The van der Waals surface area contributed by atoms with Gasteiger partial charge in [-0.1, -0.05) is 121 Å². The van der Waals surface area contributed by atoms with E-state index in [1.807, 2.05) is 121 Å². The van der Waals surface area contributed by atoms with Gasteiger partial charge in [0, 0.05) is 27.1 Å². The first-order valence-corrected chi connectivity index (χ1v) is 22.3. The molecule has 8 atom stereocenters. The fraction of sp³-hybridized carbons (Fsp3) is 0.380. The largest absolute Gasteiger partial charge is 0.461 e. The molecule has 4 aromatic carbocycles. The Morgan fingerprint density at radius 3 is 1.95 bits per heavy atom. The third-order valence-electron chi connectivity index (χ3n) is 11.3. The van der Waals surface area contributed by atoms with E-state index < -0.39 is 66.7 Å². The summed E-state index contributed by atoms with van der Waals surface area (Å²) < 4.78 is 49.9. The van der Waals surface area contributed by atoms with Crippen molar-refractivity contribution in [2.45, 2.75) is 88.7 Å². The van der Waals surface area contributed by atoms with E-state index in [1.54, 1.807) is 6.07 Å². The zero-order chi connectivity index (χ0) is 44.8. The van der Waals surface area contributed by atoms with Gasteiger partial charge in [0.05, 0.1) is 36.3 Å². The summed E-state index contributed by atoms with van der Waals surface area (Å²) in [6, 6.07) is 39.5. The topological polar surface area (TPSA) is 152 Å². The van der Waals surface area contributed by atoms with Crippen LogP contribution in [-0.4, -0.2) is 91.7 Å². The number of esters is 1. The van der Waals surface area contributed by atoms with Crippen LogP contribution in [0.4, 0.5) is 4.79 Å². The van der Waals surface area contributed by atoms with Crippen LogP contribution in [0.3, 0.4) is 0 Å². The van der Waals surface area contributed by atoms with Gasteiger partial charge >= 0.3 is 12.1 Å². The molecular weight excluding hydrogens is 886 g/mol. The quantitative estimate of drug-likeness (QED) is 0.0562. The molecule has 64 heavy (non-hydrogen) atoms. The first-order valence-electron chi connectivity index (χ1n) is 21.5. The van der Waals surface area contributed by atoms with Crippen LogP contribution in [-0.2, 0) is 75.2 Å². The molecule has 2 aliphatic heterocycles. The molecule has 0 bridgehead atoms.